The first-order valence-electron chi connectivity index (χ1n) is 6.14. The molecule has 1 aliphatic rings. The molecule has 0 aliphatic carbocycles. The van der Waals surface area contributed by atoms with Crippen LogP contribution in [0.1, 0.15) is 17.8 Å². The second-order valence-corrected chi connectivity index (χ2v) is 5.58. The number of hydrogen-bond donors (Lipinski definition) is 2. The van der Waals surface area contributed by atoms with Crippen LogP contribution < -0.4 is 10.6 Å². The molecule has 1 fully saturated rings. The number of benzene rings is 1. The summed E-state index contributed by atoms with van der Waals surface area (Å²) < 4.78 is 1.14. The third-order valence-corrected chi connectivity index (χ3v) is 4.11. The number of nitrogens with one attached hydrogen (secondary N) is 2. The molecular weight excluding hydrogens is 262 g/mol. The van der Waals surface area contributed by atoms with Crippen molar-refractivity contribution in [3.05, 3.63) is 29.3 Å². The van der Waals surface area contributed by atoms with Gasteiger partial charge < -0.3 is 0 Å². The Morgan fingerprint density at radius 2 is 2.21 bits per heavy atom. The van der Waals surface area contributed by atoms with Crippen molar-refractivity contribution in [1.29, 1.82) is 0 Å². The molecule has 6 heteroatoms. The summed E-state index contributed by atoms with van der Waals surface area (Å²) >= 11 is 1.62. The second kappa shape index (κ2) is 5.07. The molecule has 3 rings (SSSR count). The first-order valence-corrected chi connectivity index (χ1v) is 6.95. The number of hydrogen-bond acceptors (Lipinski definition) is 5. The Kier molecular flexibility index (Phi) is 3.27. The standard InChI is InChI=1S/C13H13N3O2S/c17-11-6-5-9(13(18)16-11)14-7-12-15-8-3-1-2-4-10(8)19-12/h1-4,9,14H,5-7H2,(H,16,17,18). The van der Waals surface area contributed by atoms with Crippen LogP contribution in [0.15, 0.2) is 24.3 Å². The molecule has 0 saturated carbocycles. The van der Waals surface area contributed by atoms with Crippen LogP contribution in [0.25, 0.3) is 10.2 Å². The quantitative estimate of drug-likeness (QED) is 0.826. The monoisotopic (exact) mass is 275 g/mol. The molecule has 1 unspecified atom stereocenters. The van der Waals surface area contributed by atoms with Crippen LogP contribution in [0.2, 0.25) is 0 Å². The van der Waals surface area contributed by atoms with E-state index in [-0.39, 0.29) is 17.9 Å². The van der Waals surface area contributed by atoms with E-state index in [2.05, 4.69) is 15.6 Å². The number of amides is 2. The van der Waals surface area contributed by atoms with Crippen LogP contribution in [0, 0.1) is 0 Å². The van der Waals surface area contributed by atoms with Gasteiger partial charge in [0, 0.05) is 13.0 Å². The maximum absolute atomic E-state index is 11.6. The molecule has 1 atom stereocenters. The van der Waals surface area contributed by atoms with E-state index in [1.54, 1.807) is 11.3 Å². The predicted octanol–water partition coefficient (Wildman–Crippen LogP) is 1.19. The van der Waals surface area contributed by atoms with Crippen molar-refractivity contribution in [2.24, 2.45) is 0 Å². The molecule has 1 aromatic carbocycles. The van der Waals surface area contributed by atoms with Gasteiger partial charge in [0.2, 0.25) is 11.8 Å². The van der Waals surface area contributed by atoms with Crippen LogP contribution in [0.5, 0.6) is 0 Å². The average Bonchev–Trinajstić information content (AvgIpc) is 2.80. The molecule has 0 radical (unpaired) electrons. The fourth-order valence-corrected chi connectivity index (χ4v) is 3.01. The van der Waals surface area contributed by atoms with Crippen molar-refractivity contribution in [3.8, 4) is 0 Å². The average molecular weight is 275 g/mol. The number of aromatic nitrogens is 1. The number of carbonyl (C=O) groups excluding carboxylic acids is 2. The lowest BCUT2D eigenvalue weighted by Gasteiger charge is -2.21. The molecule has 1 aromatic heterocycles. The first kappa shape index (κ1) is 12.3. The van der Waals surface area contributed by atoms with Crippen LogP contribution in [-0.2, 0) is 16.1 Å². The molecule has 1 aliphatic heterocycles. The van der Waals surface area contributed by atoms with Gasteiger partial charge in [0.15, 0.2) is 0 Å². The van der Waals surface area contributed by atoms with E-state index in [4.69, 9.17) is 0 Å². The van der Waals surface area contributed by atoms with Gasteiger partial charge in [-0.1, -0.05) is 12.1 Å². The lowest BCUT2D eigenvalue weighted by molar-refractivity contribution is -0.134. The van der Waals surface area contributed by atoms with E-state index in [1.807, 2.05) is 24.3 Å². The van der Waals surface area contributed by atoms with Crippen molar-refractivity contribution in [3.63, 3.8) is 0 Å². The summed E-state index contributed by atoms with van der Waals surface area (Å²) in [5.74, 6) is -0.430. The molecule has 0 spiro atoms. The normalized spacial score (nSPS) is 19.7. The summed E-state index contributed by atoms with van der Waals surface area (Å²) in [5.41, 5.74) is 0.979. The van der Waals surface area contributed by atoms with Gasteiger partial charge in [-0.05, 0) is 18.6 Å². The van der Waals surface area contributed by atoms with E-state index in [1.165, 1.54) is 0 Å². The number of fused-ring (bicyclic) bond motifs is 1. The Balaban J connectivity index is 1.65. The van der Waals surface area contributed by atoms with E-state index in [9.17, 15) is 9.59 Å². The summed E-state index contributed by atoms with van der Waals surface area (Å²) in [6.45, 7) is 0.547. The van der Waals surface area contributed by atoms with Gasteiger partial charge in [0.1, 0.15) is 5.01 Å². The number of thiazole rings is 1. The van der Waals surface area contributed by atoms with Gasteiger partial charge in [0.25, 0.3) is 0 Å². The Morgan fingerprint density at radius 3 is 3.00 bits per heavy atom. The highest BCUT2D eigenvalue weighted by Crippen LogP contribution is 2.21. The van der Waals surface area contributed by atoms with E-state index in [0.717, 1.165) is 15.2 Å². The minimum absolute atomic E-state index is 0.192. The SMILES string of the molecule is O=C1CCC(NCc2nc3ccccc3s2)C(=O)N1. The minimum atomic E-state index is -0.301. The van der Waals surface area contributed by atoms with E-state index >= 15 is 0 Å². The van der Waals surface area contributed by atoms with Gasteiger partial charge in [-0.25, -0.2) is 4.98 Å². The Hall–Kier alpha value is -1.79. The molecule has 2 heterocycles. The summed E-state index contributed by atoms with van der Waals surface area (Å²) in [4.78, 5) is 27.1. The van der Waals surface area contributed by atoms with Gasteiger partial charge >= 0.3 is 0 Å². The van der Waals surface area contributed by atoms with Crippen molar-refractivity contribution >= 4 is 33.4 Å². The molecule has 98 valence electrons. The Morgan fingerprint density at radius 1 is 1.37 bits per heavy atom. The summed E-state index contributed by atoms with van der Waals surface area (Å²) in [6.07, 6.45) is 0.943. The Bertz CT molecular complexity index is 605. The molecule has 19 heavy (non-hydrogen) atoms. The smallest absolute Gasteiger partial charge is 0.243 e. The topological polar surface area (TPSA) is 71.1 Å². The van der Waals surface area contributed by atoms with Crippen molar-refractivity contribution < 1.29 is 9.59 Å². The molecular formula is C13H13N3O2S. The highest BCUT2D eigenvalue weighted by Gasteiger charge is 2.26. The number of carbonyl (C=O) groups is 2. The largest absolute Gasteiger partial charge is 0.299 e. The Labute approximate surface area is 114 Å². The van der Waals surface area contributed by atoms with Crippen LogP contribution in [0.3, 0.4) is 0 Å². The summed E-state index contributed by atoms with van der Waals surface area (Å²) in [7, 11) is 0. The van der Waals surface area contributed by atoms with Crippen molar-refractivity contribution in [2.75, 3.05) is 0 Å². The number of para-hydroxylation sites is 1. The highest BCUT2D eigenvalue weighted by atomic mass is 32.1. The molecule has 2 aromatic rings. The predicted molar refractivity (Wildman–Crippen MR) is 72.6 cm³/mol. The zero-order chi connectivity index (χ0) is 13.2. The maximum Gasteiger partial charge on any atom is 0.243 e. The number of rotatable bonds is 3. The molecule has 5 nitrogen and oxygen atoms in total. The summed E-state index contributed by atoms with van der Waals surface area (Å²) in [6, 6.07) is 7.64. The number of piperidine rings is 1. The van der Waals surface area contributed by atoms with Crippen molar-refractivity contribution in [1.82, 2.24) is 15.6 Å². The zero-order valence-electron chi connectivity index (χ0n) is 10.2. The third kappa shape index (κ3) is 2.64. The number of nitrogens with zero attached hydrogens (tertiary/aromatic N) is 1. The highest BCUT2D eigenvalue weighted by molar-refractivity contribution is 7.18. The van der Waals surface area contributed by atoms with Crippen LogP contribution in [0.4, 0.5) is 0 Å². The molecule has 2 amide bonds. The minimum Gasteiger partial charge on any atom is -0.299 e. The number of imide groups is 1. The van der Waals surface area contributed by atoms with E-state index < -0.39 is 0 Å². The lowest BCUT2D eigenvalue weighted by atomic mass is 10.1. The maximum atomic E-state index is 11.6. The fourth-order valence-electron chi connectivity index (χ4n) is 2.09. The van der Waals surface area contributed by atoms with Gasteiger partial charge in [-0.15, -0.1) is 11.3 Å². The van der Waals surface area contributed by atoms with Crippen LogP contribution in [-0.4, -0.2) is 22.8 Å². The molecule has 1 saturated heterocycles. The van der Waals surface area contributed by atoms with Gasteiger partial charge in [-0.3, -0.25) is 20.2 Å². The summed E-state index contributed by atoms with van der Waals surface area (Å²) in [5, 5.41) is 6.44. The van der Waals surface area contributed by atoms with Crippen molar-refractivity contribution in [2.45, 2.75) is 25.4 Å². The third-order valence-electron chi connectivity index (χ3n) is 3.08. The first-order chi connectivity index (χ1) is 9.22. The van der Waals surface area contributed by atoms with E-state index in [0.29, 0.717) is 19.4 Å². The second-order valence-electron chi connectivity index (χ2n) is 4.46. The van der Waals surface area contributed by atoms with Gasteiger partial charge in [0.05, 0.1) is 16.3 Å². The lowest BCUT2D eigenvalue weighted by Crippen LogP contribution is -2.50. The van der Waals surface area contributed by atoms with Gasteiger partial charge in [-0.2, -0.15) is 0 Å². The fraction of sp³-hybridized carbons (Fsp3) is 0.308. The molecule has 0 bridgehead atoms. The molecule has 2 N–H and O–H groups in total. The van der Waals surface area contributed by atoms with Crippen LogP contribution >= 0.6 is 11.3 Å². The zero-order valence-corrected chi connectivity index (χ0v) is 11.0.